The lowest BCUT2D eigenvalue weighted by Gasteiger charge is -2.25. The van der Waals surface area contributed by atoms with E-state index in [9.17, 15) is 0 Å². The summed E-state index contributed by atoms with van der Waals surface area (Å²) in [6.45, 7) is 0. The third-order valence-electron chi connectivity index (χ3n) is 13.8. The van der Waals surface area contributed by atoms with Gasteiger partial charge in [-0.05, 0) is 156 Å². The third-order valence-corrected chi connectivity index (χ3v) is 13.8. The van der Waals surface area contributed by atoms with Gasteiger partial charge in [0, 0.05) is 0 Å². The Bertz CT molecular complexity index is 3970. The fourth-order valence-corrected chi connectivity index (χ4v) is 11.0. The Morgan fingerprint density at radius 1 is 0.121 bits per heavy atom. The van der Waals surface area contributed by atoms with Crippen LogP contribution in [-0.4, -0.2) is 0 Å². The molecule has 66 heavy (non-hydrogen) atoms. The fourth-order valence-electron chi connectivity index (χ4n) is 11.0. The van der Waals surface area contributed by atoms with Gasteiger partial charge in [-0.25, -0.2) is 0 Å². The van der Waals surface area contributed by atoms with Crippen LogP contribution in [0.4, 0.5) is 0 Å². The van der Waals surface area contributed by atoms with Crippen LogP contribution in [0.5, 0.6) is 0 Å². The molecule has 0 heteroatoms. The Morgan fingerprint density at radius 3 is 0.606 bits per heavy atom. The molecule has 0 nitrogen and oxygen atoms in total. The number of hydrogen-bond acceptors (Lipinski definition) is 0. The molecule has 0 bridgehead atoms. The molecule has 0 amide bonds. The molecule has 0 fully saturated rings. The first-order chi connectivity index (χ1) is 32.8. The minimum absolute atomic E-state index is 1.19. The normalized spacial score (nSPS) is 11.6. The summed E-state index contributed by atoms with van der Waals surface area (Å²) in [7, 11) is 0. The van der Waals surface area contributed by atoms with Crippen molar-refractivity contribution in [1.29, 1.82) is 0 Å². The lowest BCUT2D eigenvalue weighted by molar-refractivity contribution is 1.57. The van der Waals surface area contributed by atoms with Crippen LogP contribution >= 0.6 is 0 Å². The fraction of sp³-hybridized carbons (Fsp3) is 0. The quantitative estimate of drug-likeness (QED) is 0.116. The van der Waals surface area contributed by atoms with Gasteiger partial charge in [-0.15, -0.1) is 0 Å². The molecule has 0 heterocycles. The van der Waals surface area contributed by atoms with Crippen LogP contribution in [0.3, 0.4) is 0 Å². The average molecular weight is 835 g/mol. The molecule has 0 unspecified atom stereocenters. The average Bonchev–Trinajstić information content (AvgIpc) is 3.40. The van der Waals surface area contributed by atoms with E-state index in [1.165, 1.54) is 131 Å². The van der Waals surface area contributed by atoms with Gasteiger partial charge in [0.05, 0.1) is 0 Å². The summed E-state index contributed by atoms with van der Waals surface area (Å²) in [4.78, 5) is 0. The molecule has 0 aromatic heterocycles. The van der Waals surface area contributed by atoms with Crippen molar-refractivity contribution in [3.8, 4) is 66.8 Å². The first kappa shape index (κ1) is 37.9. The standard InChI is InChI=1S/C66H42/c1-7-23-43(24-8-1)61-51-37-21-22-38-52(51)62(44-25-9-2-10-26-44)58-41-55-53(39-57(58)61)49-35-19-20-36-50(49)54-40-59-60(42-56(54)55)64(46-29-13-4-14-30-46)66(48-33-17-6-18-34-48)65(47-31-15-5-16-32-47)63(59)45-27-11-3-12-28-45/h1-42H. The molecular weight excluding hydrogens is 793 g/mol. The van der Waals surface area contributed by atoms with Crippen molar-refractivity contribution in [2.24, 2.45) is 0 Å². The Morgan fingerprint density at radius 2 is 0.318 bits per heavy atom. The first-order valence-electron chi connectivity index (χ1n) is 22.9. The van der Waals surface area contributed by atoms with Crippen LogP contribution in [0, 0.1) is 0 Å². The first-order valence-corrected chi connectivity index (χ1v) is 22.9. The molecule has 0 N–H and O–H groups in total. The molecular formula is C66H42. The Labute approximate surface area is 384 Å². The zero-order chi connectivity index (χ0) is 43.6. The van der Waals surface area contributed by atoms with Crippen molar-refractivity contribution in [2.75, 3.05) is 0 Å². The van der Waals surface area contributed by atoms with Crippen LogP contribution < -0.4 is 0 Å². The number of fused-ring (bicyclic) bond motifs is 9. The topological polar surface area (TPSA) is 0 Å². The van der Waals surface area contributed by atoms with Crippen molar-refractivity contribution >= 4 is 64.6 Å². The molecule has 0 aliphatic rings. The van der Waals surface area contributed by atoms with E-state index in [0.717, 1.165) is 0 Å². The number of rotatable bonds is 6. The highest BCUT2D eigenvalue weighted by atomic mass is 14.3. The van der Waals surface area contributed by atoms with Crippen LogP contribution in [0.25, 0.3) is 131 Å². The molecule has 306 valence electrons. The molecule has 13 aromatic rings. The zero-order valence-electron chi connectivity index (χ0n) is 36.2. The molecule has 0 saturated heterocycles. The van der Waals surface area contributed by atoms with Gasteiger partial charge in [-0.2, -0.15) is 0 Å². The number of hydrogen-bond donors (Lipinski definition) is 0. The summed E-state index contributed by atoms with van der Waals surface area (Å²) in [5.74, 6) is 0. The van der Waals surface area contributed by atoms with Crippen molar-refractivity contribution in [1.82, 2.24) is 0 Å². The van der Waals surface area contributed by atoms with Crippen molar-refractivity contribution in [2.45, 2.75) is 0 Å². The van der Waals surface area contributed by atoms with Gasteiger partial charge < -0.3 is 0 Å². The van der Waals surface area contributed by atoms with Gasteiger partial charge in [0.2, 0.25) is 0 Å². The number of benzene rings is 13. The van der Waals surface area contributed by atoms with E-state index < -0.39 is 0 Å². The second-order valence-corrected chi connectivity index (χ2v) is 17.4. The van der Waals surface area contributed by atoms with Crippen LogP contribution in [-0.2, 0) is 0 Å². The minimum Gasteiger partial charge on any atom is -0.0622 e. The van der Waals surface area contributed by atoms with E-state index in [4.69, 9.17) is 0 Å². The Hall–Kier alpha value is -8.58. The van der Waals surface area contributed by atoms with Crippen LogP contribution in [0.2, 0.25) is 0 Å². The predicted octanol–water partition coefficient (Wildman–Crippen LogP) is 18.6. The molecule has 13 rings (SSSR count). The van der Waals surface area contributed by atoms with Crippen molar-refractivity contribution in [3.05, 3.63) is 255 Å². The van der Waals surface area contributed by atoms with E-state index in [-0.39, 0.29) is 0 Å². The summed E-state index contributed by atoms with van der Waals surface area (Å²) in [5.41, 5.74) is 14.7. The van der Waals surface area contributed by atoms with Crippen LogP contribution in [0.1, 0.15) is 0 Å². The molecule has 0 spiro atoms. The van der Waals surface area contributed by atoms with E-state index >= 15 is 0 Å². The lowest BCUT2D eigenvalue weighted by Crippen LogP contribution is -1.98. The van der Waals surface area contributed by atoms with Crippen molar-refractivity contribution in [3.63, 3.8) is 0 Å². The van der Waals surface area contributed by atoms with E-state index in [0.29, 0.717) is 0 Å². The maximum Gasteiger partial charge on any atom is -0.00141 e. The highest BCUT2D eigenvalue weighted by Crippen LogP contribution is 2.53. The summed E-state index contributed by atoms with van der Waals surface area (Å²) >= 11 is 0. The summed E-state index contributed by atoms with van der Waals surface area (Å²) in [6.07, 6.45) is 0. The van der Waals surface area contributed by atoms with Gasteiger partial charge in [0.1, 0.15) is 0 Å². The zero-order valence-corrected chi connectivity index (χ0v) is 36.2. The molecule has 0 aliphatic heterocycles. The minimum atomic E-state index is 1.19. The van der Waals surface area contributed by atoms with Gasteiger partial charge in [-0.1, -0.05) is 231 Å². The molecule has 0 aliphatic carbocycles. The summed E-state index contributed by atoms with van der Waals surface area (Å²) in [5, 5.41) is 15.0. The van der Waals surface area contributed by atoms with Gasteiger partial charge in [0.15, 0.2) is 0 Å². The highest BCUT2D eigenvalue weighted by molar-refractivity contribution is 6.34. The van der Waals surface area contributed by atoms with E-state index in [2.05, 4.69) is 255 Å². The maximum atomic E-state index is 2.54. The van der Waals surface area contributed by atoms with Gasteiger partial charge >= 0.3 is 0 Å². The Kier molecular flexibility index (Phi) is 8.96. The highest BCUT2D eigenvalue weighted by Gasteiger charge is 2.26. The smallest absolute Gasteiger partial charge is 0.00141 e. The second-order valence-electron chi connectivity index (χ2n) is 17.4. The third kappa shape index (κ3) is 6.00. The monoisotopic (exact) mass is 834 g/mol. The predicted molar refractivity (Wildman–Crippen MR) is 284 cm³/mol. The SMILES string of the molecule is c1ccc(-c2c(-c3ccccc3)c(-c3ccccc3)c3cc4c(cc3c2-c2ccccc2)c2ccccc2c2cc3c(-c5ccccc5)c5ccccc5c(-c5ccccc5)c3cc42)cc1. The van der Waals surface area contributed by atoms with Gasteiger partial charge in [-0.3, -0.25) is 0 Å². The van der Waals surface area contributed by atoms with Gasteiger partial charge in [0.25, 0.3) is 0 Å². The van der Waals surface area contributed by atoms with Crippen molar-refractivity contribution < 1.29 is 0 Å². The molecule has 0 radical (unpaired) electrons. The summed E-state index contributed by atoms with van der Waals surface area (Å²) < 4.78 is 0. The molecule has 0 saturated carbocycles. The maximum absolute atomic E-state index is 2.54. The Balaban J connectivity index is 1.29. The van der Waals surface area contributed by atoms with E-state index in [1.54, 1.807) is 0 Å². The van der Waals surface area contributed by atoms with Crippen LogP contribution in [0.15, 0.2) is 255 Å². The summed E-state index contributed by atoms with van der Waals surface area (Å²) in [6, 6.07) is 94.3. The lowest BCUT2D eigenvalue weighted by atomic mass is 9.77. The molecule has 0 atom stereocenters. The molecule has 13 aromatic carbocycles. The second kappa shape index (κ2) is 15.6. The largest absolute Gasteiger partial charge is 0.0622 e. The van der Waals surface area contributed by atoms with E-state index in [1.807, 2.05) is 0 Å².